The predicted molar refractivity (Wildman–Crippen MR) is 133 cm³/mol. The van der Waals surface area contributed by atoms with Gasteiger partial charge in [-0.3, -0.25) is 19.8 Å². The molecule has 0 saturated carbocycles. The van der Waals surface area contributed by atoms with Crippen molar-refractivity contribution in [3.8, 4) is 5.69 Å². The van der Waals surface area contributed by atoms with E-state index in [4.69, 9.17) is 47.0 Å². The summed E-state index contributed by atoms with van der Waals surface area (Å²) in [5.74, 6) is -1.06. The van der Waals surface area contributed by atoms with Crippen LogP contribution in [-0.2, 0) is 9.59 Å². The van der Waals surface area contributed by atoms with E-state index in [-0.39, 0.29) is 10.7 Å². The molecule has 32 heavy (non-hydrogen) atoms. The molecular formula is C23H16Cl3N3O2S. The topological polar surface area (TPSA) is 54.3 Å². The fraction of sp³-hybridized carbons (Fsp3) is 0.0870. The molecule has 1 aromatic heterocycles. The summed E-state index contributed by atoms with van der Waals surface area (Å²) < 4.78 is 1.97. The average Bonchev–Trinajstić information content (AvgIpc) is 3.01. The van der Waals surface area contributed by atoms with E-state index in [1.807, 2.05) is 30.5 Å². The third-order valence-electron chi connectivity index (χ3n) is 5.12. The molecule has 162 valence electrons. The van der Waals surface area contributed by atoms with Crippen molar-refractivity contribution in [3.63, 3.8) is 0 Å². The van der Waals surface area contributed by atoms with Crippen LogP contribution in [0.2, 0.25) is 15.1 Å². The van der Waals surface area contributed by atoms with E-state index in [1.165, 1.54) is 4.90 Å². The number of nitrogens with one attached hydrogen (secondary N) is 1. The maximum Gasteiger partial charge on any atom is 0.270 e. The summed E-state index contributed by atoms with van der Waals surface area (Å²) in [7, 11) is 0. The van der Waals surface area contributed by atoms with Crippen LogP contribution in [-0.4, -0.2) is 21.5 Å². The van der Waals surface area contributed by atoms with E-state index in [0.717, 1.165) is 22.6 Å². The highest BCUT2D eigenvalue weighted by molar-refractivity contribution is 7.80. The fourth-order valence-electron chi connectivity index (χ4n) is 3.59. The van der Waals surface area contributed by atoms with Crippen LogP contribution in [0.1, 0.15) is 17.0 Å². The number of aryl methyl sites for hydroxylation is 1. The Bertz CT molecular complexity index is 1310. The molecule has 3 aromatic rings. The number of rotatable bonds is 3. The average molecular weight is 505 g/mol. The molecule has 1 aliphatic rings. The monoisotopic (exact) mass is 503 g/mol. The number of halogens is 3. The van der Waals surface area contributed by atoms with E-state index in [9.17, 15) is 9.59 Å². The highest BCUT2D eigenvalue weighted by Gasteiger charge is 2.34. The fourth-order valence-corrected chi connectivity index (χ4v) is 4.29. The maximum atomic E-state index is 13.2. The Morgan fingerprint density at radius 1 is 0.906 bits per heavy atom. The first-order chi connectivity index (χ1) is 15.2. The summed E-state index contributed by atoms with van der Waals surface area (Å²) >= 11 is 23.4. The molecule has 0 unspecified atom stereocenters. The first kappa shape index (κ1) is 22.6. The number of carbonyl (C=O) groups is 2. The van der Waals surface area contributed by atoms with Gasteiger partial charge in [-0.1, -0.05) is 34.8 Å². The molecule has 2 heterocycles. The molecule has 0 radical (unpaired) electrons. The number of thiocarbonyl (C=S) groups is 1. The second kappa shape index (κ2) is 8.71. The van der Waals surface area contributed by atoms with Crippen LogP contribution in [0.3, 0.4) is 0 Å². The van der Waals surface area contributed by atoms with E-state index in [2.05, 4.69) is 5.32 Å². The molecule has 1 fully saturated rings. The number of nitrogens with zero attached hydrogens (tertiary/aromatic N) is 2. The van der Waals surface area contributed by atoms with E-state index in [1.54, 1.807) is 42.5 Å². The van der Waals surface area contributed by atoms with E-state index < -0.39 is 11.8 Å². The maximum absolute atomic E-state index is 13.2. The Hall–Kier alpha value is -2.64. The van der Waals surface area contributed by atoms with Crippen molar-refractivity contribution in [1.29, 1.82) is 0 Å². The van der Waals surface area contributed by atoms with Crippen LogP contribution in [0.5, 0.6) is 0 Å². The number of anilines is 1. The lowest BCUT2D eigenvalue weighted by atomic mass is 10.1. The molecule has 0 atom stereocenters. The summed E-state index contributed by atoms with van der Waals surface area (Å²) in [5, 5.41) is 4.02. The van der Waals surface area contributed by atoms with Gasteiger partial charge in [-0.05, 0) is 86.2 Å². The third kappa shape index (κ3) is 4.07. The minimum atomic E-state index is -0.551. The molecule has 2 aromatic carbocycles. The van der Waals surface area contributed by atoms with E-state index >= 15 is 0 Å². The second-order valence-electron chi connectivity index (χ2n) is 7.19. The minimum Gasteiger partial charge on any atom is -0.318 e. The van der Waals surface area contributed by atoms with Crippen molar-refractivity contribution in [2.24, 2.45) is 0 Å². The smallest absolute Gasteiger partial charge is 0.270 e. The number of hydrogen-bond donors (Lipinski definition) is 1. The van der Waals surface area contributed by atoms with Crippen molar-refractivity contribution < 1.29 is 9.59 Å². The van der Waals surface area contributed by atoms with E-state index in [0.29, 0.717) is 20.8 Å². The zero-order chi connectivity index (χ0) is 23.2. The first-order valence-electron chi connectivity index (χ1n) is 9.49. The summed E-state index contributed by atoms with van der Waals surface area (Å²) in [6.45, 7) is 3.82. The Kier molecular flexibility index (Phi) is 6.14. The lowest BCUT2D eigenvalue weighted by Gasteiger charge is -2.28. The summed E-state index contributed by atoms with van der Waals surface area (Å²) in [4.78, 5) is 27.1. The van der Waals surface area contributed by atoms with Gasteiger partial charge in [0, 0.05) is 22.1 Å². The molecule has 0 spiro atoms. The van der Waals surface area contributed by atoms with Gasteiger partial charge in [0.05, 0.1) is 15.7 Å². The molecule has 0 bridgehead atoms. The van der Waals surface area contributed by atoms with Crippen LogP contribution in [0.15, 0.2) is 54.1 Å². The number of benzene rings is 2. The second-order valence-corrected chi connectivity index (χ2v) is 8.83. The number of carbonyl (C=O) groups excluding carboxylic acids is 2. The van der Waals surface area contributed by atoms with Crippen molar-refractivity contribution in [2.45, 2.75) is 13.8 Å². The normalized spacial score (nSPS) is 15.5. The number of aromatic nitrogens is 1. The van der Waals surface area contributed by atoms with Gasteiger partial charge in [0.25, 0.3) is 11.8 Å². The van der Waals surface area contributed by atoms with Gasteiger partial charge in [-0.2, -0.15) is 0 Å². The van der Waals surface area contributed by atoms with Crippen molar-refractivity contribution in [3.05, 3.63) is 86.1 Å². The molecular weight excluding hydrogens is 489 g/mol. The predicted octanol–water partition coefficient (Wildman–Crippen LogP) is 5.89. The van der Waals surface area contributed by atoms with Gasteiger partial charge in [0.15, 0.2) is 5.11 Å². The van der Waals surface area contributed by atoms with Gasteiger partial charge >= 0.3 is 0 Å². The van der Waals surface area contributed by atoms with Gasteiger partial charge in [-0.15, -0.1) is 0 Å². The quantitative estimate of drug-likeness (QED) is 0.275. The highest BCUT2D eigenvalue weighted by Crippen LogP contribution is 2.29. The molecule has 4 rings (SSSR count). The highest BCUT2D eigenvalue weighted by atomic mass is 35.5. The first-order valence-corrected chi connectivity index (χ1v) is 11.0. The zero-order valence-electron chi connectivity index (χ0n) is 16.9. The minimum absolute atomic E-state index is 0.0146. The van der Waals surface area contributed by atoms with Crippen LogP contribution < -0.4 is 10.2 Å². The lowest BCUT2D eigenvalue weighted by Crippen LogP contribution is -2.54. The summed E-state index contributed by atoms with van der Waals surface area (Å²) in [5.41, 5.74) is 3.76. The SMILES string of the molecule is Cc1cc(/C=C2\C(=O)NC(=S)N(c3ccc(Cl)cc3)C2=O)c(C)n1-c1ccc(Cl)c(Cl)c1. The van der Waals surface area contributed by atoms with Crippen molar-refractivity contribution in [1.82, 2.24) is 9.88 Å². The lowest BCUT2D eigenvalue weighted by molar-refractivity contribution is -0.122. The molecule has 0 aliphatic carbocycles. The van der Waals surface area contributed by atoms with Crippen LogP contribution in [0, 0.1) is 13.8 Å². The Morgan fingerprint density at radius 3 is 2.22 bits per heavy atom. The summed E-state index contributed by atoms with van der Waals surface area (Å²) in [6, 6.07) is 13.9. The number of hydrogen-bond acceptors (Lipinski definition) is 3. The van der Waals surface area contributed by atoms with Crippen LogP contribution in [0.25, 0.3) is 11.8 Å². The molecule has 1 aliphatic heterocycles. The van der Waals surface area contributed by atoms with Crippen LogP contribution >= 0.6 is 47.0 Å². The molecule has 1 saturated heterocycles. The Morgan fingerprint density at radius 2 is 1.56 bits per heavy atom. The standard InChI is InChI=1S/C23H16Cl3N3O2S/c1-12-9-14(13(2)28(12)17-7-8-19(25)20(26)11-17)10-18-21(30)27-23(32)29(22(18)31)16-5-3-15(24)4-6-16/h3-11H,1-2H3,(H,27,30,32)/b18-10+. The van der Waals surface area contributed by atoms with Crippen LogP contribution in [0.4, 0.5) is 5.69 Å². The van der Waals surface area contributed by atoms with Gasteiger partial charge in [0.1, 0.15) is 5.57 Å². The largest absolute Gasteiger partial charge is 0.318 e. The van der Waals surface area contributed by atoms with Gasteiger partial charge < -0.3 is 4.57 Å². The van der Waals surface area contributed by atoms with Gasteiger partial charge in [0.2, 0.25) is 0 Å². The van der Waals surface area contributed by atoms with Gasteiger partial charge in [-0.25, -0.2) is 0 Å². The third-order valence-corrected chi connectivity index (χ3v) is 6.39. The molecule has 2 amide bonds. The van der Waals surface area contributed by atoms with Crippen molar-refractivity contribution in [2.75, 3.05) is 4.90 Å². The number of amides is 2. The molecule has 9 heteroatoms. The molecule has 1 N–H and O–H groups in total. The Labute approximate surface area is 205 Å². The van der Waals surface area contributed by atoms with Crippen molar-refractivity contribution >= 4 is 75.7 Å². The summed E-state index contributed by atoms with van der Waals surface area (Å²) in [6.07, 6.45) is 1.57. The molecule has 5 nitrogen and oxygen atoms in total. The zero-order valence-corrected chi connectivity index (χ0v) is 20.0. The Balaban J connectivity index is 1.76.